The van der Waals surface area contributed by atoms with E-state index in [1.807, 2.05) is 26.8 Å². The van der Waals surface area contributed by atoms with Crippen LogP contribution in [0, 0.1) is 46.3 Å². The van der Waals surface area contributed by atoms with Crippen molar-refractivity contribution in [3.63, 3.8) is 0 Å². The summed E-state index contributed by atoms with van der Waals surface area (Å²) in [5.74, 6) is 0.100. The van der Waals surface area contributed by atoms with Crippen LogP contribution in [0.5, 0.6) is 6.01 Å². The van der Waals surface area contributed by atoms with Gasteiger partial charge in [0.05, 0.1) is 12.2 Å². The Morgan fingerprint density at radius 2 is 1.51 bits per heavy atom. The van der Waals surface area contributed by atoms with E-state index in [2.05, 4.69) is 29.9 Å². The number of rotatable bonds is 3. The van der Waals surface area contributed by atoms with Gasteiger partial charge in [-0.15, -0.1) is 0 Å². The molecule has 39 heavy (non-hydrogen) atoms. The van der Waals surface area contributed by atoms with E-state index in [1.165, 1.54) is 23.0 Å². The normalized spacial score (nSPS) is 34.4. The van der Waals surface area contributed by atoms with Crippen molar-refractivity contribution in [2.45, 2.75) is 77.4 Å². The molecular formula is C26H32N6O7. The first-order valence-electron chi connectivity index (χ1n) is 12.8. The molecule has 208 valence electrons. The zero-order valence-corrected chi connectivity index (χ0v) is 22.6. The Morgan fingerprint density at radius 1 is 0.949 bits per heavy atom. The molecule has 0 amide bonds. The van der Waals surface area contributed by atoms with Crippen molar-refractivity contribution in [3.05, 3.63) is 55.7 Å². The molecule has 2 fully saturated rings. The maximum atomic E-state index is 11.9. The Kier molecular flexibility index (Phi) is 7.29. The Morgan fingerprint density at radius 3 is 2.05 bits per heavy atom. The van der Waals surface area contributed by atoms with Gasteiger partial charge in [0.25, 0.3) is 22.6 Å². The van der Waals surface area contributed by atoms with Crippen LogP contribution in [0.1, 0.15) is 41.5 Å². The van der Waals surface area contributed by atoms with Crippen molar-refractivity contribution in [2.24, 2.45) is 23.7 Å². The summed E-state index contributed by atoms with van der Waals surface area (Å²) < 4.78 is 19.9. The minimum atomic E-state index is -1.81. The van der Waals surface area contributed by atoms with E-state index in [9.17, 15) is 30.0 Å². The maximum Gasteiger partial charge on any atom is 0.331 e. The first kappa shape index (κ1) is 28.2. The largest absolute Gasteiger partial charge is 0.454 e. The third-order valence-electron chi connectivity index (χ3n) is 7.61. The van der Waals surface area contributed by atoms with Gasteiger partial charge in [-0.2, -0.15) is 15.5 Å². The van der Waals surface area contributed by atoms with E-state index in [0.717, 1.165) is 10.6 Å². The fraction of sp³-hybridized carbons (Fsp3) is 0.615. The van der Waals surface area contributed by atoms with Crippen LogP contribution in [0.15, 0.2) is 38.9 Å². The van der Waals surface area contributed by atoms with Crippen LogP contribution in [-0.4, -0.2) is 48.6 Å². The van der Waals surface area contributed by atoms with Crippen LogP contribution in [0.3, 0.4) is 0 Å². The van der Waals surface area contributed by atoms with E-state index in [4.69, 9.17) is 14.2 Å². The SMILES string of the molecule is CC(C)[C@H]1O[C@@](C#N)(n2ccc(=O)[nH]c2=O)[C@@H](O)[C@@H]1C.CC(C)[C@H]1O[C@]2(C#N)[C@@H](Oc3nc(=O)ccn32)[C@@H]1C. The molecular weight excluding hydrogens is 508 g/mol. The summed E-state index contributed by atoms with van der Waals surface area (Å²) in [7, 11) is 0. The topological polar surface area (TPSA) is 185 Å². The van der Waals surface area contributed by atoms with Crippen LogP contribution < -0.4 is 21.5 Å². The lowest BCUT2D eigenvalue weighted by atomic mass is 9.90. The number of aliphatic hydroxyl groups excluding tert-OH is 1. The zero-order chi connectivity index (χ0) is 28.9. The first-order valence-corrected chi connectivity index (χ1v) is 12.8. The minimum Gasteiger partial charge on any atom is -0.454 e. The number of aromatic amines is 1. The molecule has 0 bridgehead atoms. The lowest BCUT2D eigenvalue weighted by Gasteiger charge is -2.27. The van der Waals surface area contributed by atoms with Gasteiger partial charge in [-0.1, -0.05) is 41.5 Å². The lowest BCUT2D eigenvalue weighted by molar-refractivity contribution is -0.109. The highest BCUT2D eigenvalue weighted by atomic mass is 16.6. The van der Waals surface area contributed by atoms with Gasteiger partial charge in [-0.25, -0.2) is 4.79 Å². The number of hydrogen-bond acceptors (Lipinski definition) is 10. The van der Waals surface area contributed by atoms with Crippen molar-refractivity contribution in [3.8, 4) is 18.1 Å². The molecule has 0 unspecified atom stereocenters. The molecule has 3 aliphatic rings. The number of hydrogen-bond donors (Lipinski definition) is 2. The average molecular weight is 541 g/mol. The van der Waals surface area contributed by atoms with Crippen LogP contribution in [-0.2, 0) is 20.9 Å². The summed E-state index contributed by atoms with van der Waals surface area (Å²) in [5, 5.41) is 29.4. The summed E-state index contributed by atoms with van der Waals surface area (Å²) in [5.41, 5.74) is -4.75. The van der Waals surface area contributed by atoms with Crippen LogP contribution in [0.4, 0.5) is 0 Å². The number of nitrogens with zero attached hydrogens (tertiary/aromatic N) is 5. The van der Waals surface area contributed by atoms with Crippen LogP contribution in [0.25, 0.3) is 0 Å². The Hall–Kier alpha value is -3.78. The molecule has 0 saturated carbocycles. The van der Waals surface area contributed by atoms with Gasteiger partial charge in [-0.05, 0) is 11.8 Å². The van der Waals surface area contributed by atoms with E-state index in [0.29, 0.717) is 0 Å². The maximum absolute atomic E-state index is 11.9. The second-order valence-corrected chi connectivity index (χ2v) is 10.9. The fourth-order valence-electron chi connectivity index (χ4n) is 5.70. The summed E-state index contributed by atoms with van der Waals surface area (Å²) in [6, 6.07) is 6.68. The number of fused-ring (bicyclic) bond motifs is 3. The van der Waals surface area contributed by atoms with Crippen molar-refractivity contribution in [1.29, 1.82) is 10.5 Å². The highest BCUT2D eigenvalue weighted by Crippen LogP contribution is 2.48. The number of nitriles is 2. The molecule has 8 atom stereocenters. The summed E-state index contributed by atoms with van der Waals surface area (Å²) >= 11 is 0. The smallest absolute Gasteiger partial charge is 0.331 e. The van der Waals surface area contributed by atoms with Crippen molar-refractivity contribution >= 4 is 0 Å². The van der Waals surface area contributed by atoms with Gasteiger partial charge in [0.2, 0.25) is 0 Å². The van der Waals surface area contributed by atoms with Gasteiger partial charge < -0.3 is 19.3 Å². The van der Waals surface area contributed by atoms with Crippen molar-refractivity contribution in [2.75, 3.05) is 0 Å². The third kappa shape index (κ3) is 4.36. The molecule has 13 heteroatoms. The second kappa shape index (κ2) is 10.1. The van der Waals surface area contributed by atoms with Crippen LogP contribution in [0.2, 0.25) is 0 Å². The first-order chi connectivity index (χ1) is 18.3. The highest BCUT2D eigenvalue weighted by molar-refractivity contribution is 5.23. The number of aromatic nitrogens is 4. The van der Waals surface area contributed by atoms with Gasteiger partial charge in [0.1, 0.15) is 18.2 Å². The quantitative estimate of drug-likeness (QED) is 0.559. The van der Waals surface area contributed by atoms with E-state index in [1.54, 1.807) is 6.92 Å². The summed E-state index contributed by atoms with van der Waals surface area (Å²) in [6.45, 7) is 11.7. The Balaban J connectivity index is 0.000000181. The van der Waals surface area contributed by atoms with Gasteiger partial charge in [0, 0.05) is 36.4 Å². The molecule has 0 aromatic carbocycles. The Bertz CT molecular complexity index is 1500. The standard InChI is InChI=1S/C13H17N3O4.C13H15N3O3/c1-7(2)10-8(3)11(18)13(6-14,20-10)16-5-4-9(17)15-12(16)19;1-7(2)10-8(3)11-13(6-14,19-10)16-5-4-9(17)15-12(16)18-11/h4-5,7-8,10-11,18H,1-3H3,(H,15,17,19);4-5,7-8,10-11H,1-3H3/t2*8-,10-,11+,13-/m11/s1. The minimum absolute atomic E-state index is 0.0523. The predicted octanol–water partition coefficient (Wildman–Crippen LogP) is 0.636. The summed E-state index contributed by atoms with van der Waals surface area (Å²) in [6.07, 6.45) is 0.676. The number of nitrogens with one attached hydrogen (secondary N) is 1. The van der Waals surface area contributed by atoms with Gasteiger partial charge >= 0.3 is 11.7 Å². The molecule has 2 saturated heterocycles. The average Bonchev–Trinajstić information content (AvgIpc) is 3.45. The number of aliphatic hydroxyl groups is 1. The van der Waals surface area contributed by atoms with E-state index < -0.39 is 34.9 Å². The molecule has 0 radical (unpaired) electrons. The predicted molar refractivity (Wildman–Crippen MR) is 135 cm³/mol. The highest BCUT2D eigenvalue weighted by Gasteiger charge is 2.62. The third-order valence-corrected chi connectivity index (χ3v) is 7.61. The molecule has 13 nitrogen and oxygen atoms in total. The molecule has 0 spiro atoms. The lowest BCUT2D eigenvalue weighted by Crippen LogP contribution is -2.49. The van der Waals surface area contributed by atoms with E-state index >= 15 is 0 Å². The van der Waals surface area contributed by atoms with Gasteiger partial charge in [0.15, 0.2) is 6.10 Å². The van der Waals surface area contributed by atoms with E-state index in [-0.39, 0.29) is 47.4 Å². The monoisotopic (exact) mass is 540 g/mol. The summed E-state index contributed by atoms with van der Waals surface area (Å²) in [4.78, 5) is 40.1. The molecule has 5 rings (SSSR count). The fourth-order valence-corrected chi connectivity index (χ4v) is 5.70. The van der Waals surface area contributed by atoms with Crippen molar-refractivity contribution in [1.82, 2.24) is 19.1 Å². The molecule has 0 aliphatic carbocycles. The zero-order valence-electron chi connectivity index (χ0n) is 22.6. The number of H-pyrrole nitrogens is 1. The molecule has 5 heterocycles. The second-order valence-electron chi connectivity index (χ2n) is 10.9. The van der Waals surface area contributed by atoms with Gasteiger partial charge in [-0.3, -0.25) is 23.7 Å². The number of ether oxygens (including phenoxy) is 3. The van der Waals surface area contributed by atoms with Crippen LogP contribution >= 0.6 is 0 Å². The Labute approximate surface area is 224 Å². The van der Waals surface area contributed by atoms with Crippen molar-refractivity contribution < 1.29 is 19.3 Å². The molecule has 2 aromatic heterocycles. The molecule has 2 N–H and O–H groups in total. The molecule has 3 aliphatic heterocycles. The molecule has 2 aromatic rings.